The molecule has 170 valence electrons. The Bertz CT molecular complexity index is 1210. The monoisotopic (exact) mass is 464 g/mol. The summed E-state index contributed by atoms with van der Waals surface area (Å²) in [6.45, 7) is 2.10. The molecule has 4 heterocycles. The maximum atomic E-state index is 13.4. The normalized spacial score (nSPS) is 15.6. The average molecular weight is 465 g/mol. The molecule has 0 saturated carbocycles. The fraction of sp³-hybridized carbons (Fsp3) is 0.292. The van der Waals surface area contributed by atoms with E-state index in [4.69, 9.17) is 14.2 Å². The van der Waals surface area contributed by atoms with E-state index >= 15 is 0 Å². The summed E-state index contributed by atoms with van der Waals surface area (Å²) >= 11 is 1.50. The Labute approximate surface area is 195 Å². The third-order valence-corrected chi connectivity index (χ3v) is 6.25. The minimum absolute atomic E-state index is 0.0307. The van der Waals surface area contributed by atoms with E-state index in [0.717, 1.165) is 22.5 Å². The molecule has 0 unspecified atom stereocenters. The first kappa shape index (κ1) is 21.4. The standard InChI is InChI=1S/C24H24N4O4S/c1-30-22-11-17(4-5-21(22)32-19-6-9-31-16-19)13-28(14-18-3-2-7-25-12-18)23(29)20-15-27-8-10-33-24(27)26-20/h2-5,7-8,10-12,15,19H,6,9,13-14,16H2,1H3/t19-/m1/s1. The Balaban J connectivity index is 1.40. The molecule has 8 nitrogen and oxygen atoms in total. The predicted octanol–water partition coefficient (Wildman–Crippen LogP) is 3.81. The Kier molecular flexibility index (Phi) is 6.23. The highest BCUT2D eigenvalue weighted by Crippen LogP contribution is 2.31. The van der Waals surface area contributed by atoms with Crippen molar-refractivity contribution >= 4 is 22.2 Å². The second-order valence-electron chi connectivity index (χ2n) is 7.83. The van der Waals surface area contributed by atoms with Crippen LogP contribution in [0.2, 0.25) is 0 Å². The second-order valence-corrected chi connectivity index (χ2v) is 8.70. The van der Waals surface area contributed by atoms with Crippen LogP contribution in [0.1, 0.15) is 28.0 Å². The number of thiazole rings is 1. The zero-order valence-corrected chi connectivity index (χ0v) is 19.0. The van der Waals surface area contributed by atoms with Crippen LogP contribution in [0, 0.1) is 0 Å². The average Bonchev–Trinajstić information content (AvgIpc) is 3.58. The number of methoxy groups -OCH3 is 1. The van der Waals surface area contributed by atoms with Gasteiger partial charge in [-0.05, 0) is 29.3 Å². The molecule has 0 radical (unpaired) electrons. The van der Waals surface area contributed by atoms with Crippen molar-refractivity contribution in [2.75, 3.05) is 20.3 Å². The summed E-state index contributed by atoms with van der Waals surface area (Å²) in [5.74, 6) is 1.17. The van der Waals surface area contributed by atoms with Crippen LogP contribution in [0.25, 0.3) is 4.96 Å². The smallest absolute Gasteiger partial charge is 0.274 e. The molecule has 1 atom stereocenters. The van der Waals surface area contributed by atoms with Gasteiger partial charge in [-0.1, -0.05) is 12.1 Å². The van der Waals surface area contributed by atoms with Crippen LogP contribution in [-0.2, 0) is 17.8 Å². The van der Waals surface area contributed by atoms with Gasteiger partial charge in [0.05, 0.1) is 20.3 Å². The number of rotatable bonds is 8. The van der Waals surface area contributed by atoms with Crippen LogP contribution in [0.3, 0.4) is 0 Å². The molecule has 0 spiro atoms. The summed E-state index contributed by atoms with van der Waals surface area (Å²) < 4.78 is 18.9. The van der Waals surface area contributed by atoms with Crippen molar-refractivity contribution in [3.05, 3.63) is 77.3 Å². The zero-order chi connectivity index (χ0) is 22.6. The molecule has 0 aliphatic carbocycles. The van der Waals surface area contributed by atoms with Crippen molar-refractivity contribution in [3.8, 4) is 11.5 Å². The maximum absolute atomic E-state index is 13.4. The summed E-state index contributed by atoms with van der Waals surface area (Å²) in [6.07, 6.45) is 8.05. The summed E-state index contributed by atoms with van der Waals surface area (Å²) in [4.78, 5) is 24.7. The van der Waals surface area contributed by atoms with Crippen molar-refractivity contribution in [2.24, 2.45) is 0 Å². The van der Waals surface area contributed by atoms with Crippen molar-refractivity contribution in [2.45, 2.75) is 25.6 Å². The molecule has 1 fully saturated rings. The number of hydrogen-bond donors (Lipinski definition) is 0. The number of aromatic nitrogens is 3. The summed E-state index contributed by atoms with van der Waals surface area (Å²) in [5.41, 5.74) is 2.29. The highest BCUT2D eigenvalue weighted by molar-refractivity contribution is 7.15. The Hall–Kier alpha value is -3.43. The number of pyridine rings is 1. The van der Waals surface area contributed by atoms with E-state index < -0.39 is 0 Å². The van der Waals surface area contributed by atoms with E-state index in [9.17, 15) is 4.79 Å². The van der Waals surface area contributed by atoms with Crippen LogP contribution in [0.15, 0.2) is 60.5 Å². The fourth-order valence-electron chi connectivity index (χ4n) is 3.82. The number of hydrogen-bond acceptors (Lipinski definition) is 7. The lowest BCUT2D eigenvalue weighted by Gasteiger charge is -2.23. The van der Waals surface area contributed by atoms with Gasteiger partial charge in [0.15, 0.2) is 16.5 Å². The van der Waals surface area contributed by atoms with Crippen LogP contribution in [0.5, 0.6) is 11.5 Å². The highest BCUT2D eigenvalue weighted by atomic mass is 32.1. The highest BCUT2D eigenvalue weighted by Gasteiger charge is 2.22. The quantitative estimate of drug-likeness (QED) is 0.395. The van der Waals surface area contributed by atoms with Gasteiger partial charge in [0.1, 0.15) is 11.8 Å². The van der Waals surface area contributed by atoms with Gasteiger partial charge in [0, 0.05) is 49.7 Å². The lowest BCUT2D eigenvalue weighted by atomic mass is 10.1. The number of nitrogens with zero attached hydrogens (tertiary/aromatic N) is 4. The van der Waals surface area contributed by atoms with E-state index in [1.165, 1.54) is 11.3 Å². The summed E-state index contributed by atoms with van der Waals surface area (Å²) in [6, 6.07) is 9.60. The van der Waals surface area contributed by atoms with Crippen molar-refractivity contribution in [3.63, 3.8) is 0 Å². The number of fused-ring (bicyclic) bond motifs is 1. The topological polar surface area (TPSA) is 78.2 Å². The molecule has 1 aliphatic rings. The van der Waals surface area contributed by atoms with Gasteiger partial charge in [-0.15, -0.1) is 11.3 Å². The van der Waals surface area contributed by atoms with E-state index in [1.807, 2.05) is 46.3 Å². The molecule has 5 rings (SSSR count). The molecule has 1 aromatic carbocycles. The fourth-order valence-corrected chi connectivity index (χ4v) is 4.52. The number of carbonyl (C=O) groups is 1. The lowest BCUT2D eigenvalue weighted by Crippen LogP contribution is -2.30. The number of carbonyl (C=O) groups excluding carboxylic acids is 1. The third-order valence-electron chi connectivity index (χ3n) is 5.48. The Morgan fingerprint density at radius 3 is 2.94 bits per heavy atom. The molecule has 0 N–H and O–H groups in total. The minimum Gasteiger partial charge on any atom is -0.493 e. The molecule has 3 aromatic heterocycles. The Morgan fingerprint density at radius 1 is 1.27 bits per heavy atom. The van der Waals surface area contributed by atoms with Crippen LogP contribution < -0.4 is 9.47 Å². The third kappa shape index (κ3) is 4.84. The molecule has 4 aromatic rings. The first-order valence-electron chi connectivity index (χ1n) is 10.7. The van der Waals surface area contributed by atoms with Crippen LogP contribution >= 0.6 is 11.3 Å². The van der Waals surface area contributed by atoms with Crippen molar-refractivity contribution < 1.29 is 19.0 Å². The number of benzene rings is 1. The maximum Gasteiger partial charge on any atom is 0.274 e. The number of amides is 1. The van der Waals surface area contributed by atoms with Crippen LogP contribution in [0.4, 0.5) is 0 Å². The van der Waals surface area contributed by atoms with E-state index in [-0.39, 0.29) is 12.0 Å². The molecular formula is C24H24N4O4S. The minimum atomic E-state index is -0.142. The van der Waals surface area contributed by atoms with Gasteiger partial charge in [-0.25, -0.2) is 4.98 Å². The molecule has 33 heavy (non-hydrogen) atoms. The first-order valence-corrected chi connectivity index (χ1v) is 11.6. The molecular weight excluding hydrogens is 440 g/mol. The molecule has 9 heteroatoms. The van der Waals surface area contributed by atoms with Crippen molar-refractivity contribution in [1.29, 1.82) is 0 Å². The predicted molar refractivity (Wildman–Crippen MR) is 124 cm³/mol. The molecule has 0 bridgehead atoms. The summed E-state index contributed by atoms with van der Waals surface area (Å²) in [7, 11) is 1.62. The first-order chi connectivity index (χ1) is 16.2. The van der Waals surface area contributed by atoms with E-state index in [0.29, 0.717) is 43.5 Å². The number of ether oxygens (including phenoxy) is 3. The van der Waals surface area contributed by atoms with Gasteiger partial charge in [0.2, 0.25) is 0 Å². The molecule has 1 amide bonds. The second kappa shape index (κ2) is 9.60. The lowest BCUT2D eigenvalue weighted by molar-refractivity contribution is 0.0724. The van der Waals surface area contributed by atoms with E-state index in [2.05, 4.69) is 9.97 Å². The van der Waals surface area contributed by atoms with E-state index in [1.54, 1.807) is 30.6 Å². The van der Waals surface area contributed by atoms with Gasteiger partial charge in [-0.3, -0.25) is 14.2 Å². The van der Waals surface area contributed by atoms with Crippen LogP contribution in [-0.4, -0.2) is 51.6 Å². The summed E-state index contributed by atoms with van der Waals surface area (Å²) in [5, 5.41) is 1.94. The number of imidazole rings is 1. The Morgan fingerprint density at radius 2 is 2.18 bits per heavy atom. The molecule has 1 saturated heterocycles. The van der Waals surface area contributed by atoms with Gasteiger partial charge in [-0.2, -0.15) is 0 Å². The SMILES string of the molecule is COc1cc(CN(Cc2cccnc2)C(=O)c2cn3ccsc3n2)ccc1O[C@@H]1CCOC1. The zero-order valence-electron chi connectivity index (χ0n) is 18.2. The van der Waals surface area contributed by atoms with Gasteiger partial charge in [0.25, 0.3) is 5.91 Å². The van der Waals surface area contributed by atoms with Crippen molar-refractivity contribution in [1.82, 2.24) is 19.3 Å². The van der Waals surface area contributed by atoms with Gasteiger partial charge < -0.3 is 19.1 Å². The largest absolute Gasteiger partial charge is 0.493 e. The molecule has 1 aliphatic heterocycles. The van der Waals surface area contributed by atoms with Gasteiger partial charge >= 0.3 is 0 Å².